The van der Waals surface area contributed by atoms with Gasteiger partial charge in [-0.2, -0.15) is 0 Å². The molecule has 1 N–H and O–H groups in total. The van der Waals surface area contributed by atoms with Crippen molar-refractivity contribution < 1.29 is 9.53 Å². The van der Waals surface area contributed by atoms with E-state index in [4.69, 9.17) is 4.74 Å². The van der Waals surface area contributed by atoms with Crippen LogP contribution in [0.1, 0.15) is 45.0 Å². The molecule has 0 bridgehead atoms. The van der Waals surface area contributed by atoms with E-state index in [0.717, 1.165) is 12.8 Å². The molecule has 1 aromatic carbocycles. The van der Waals surface area contributed by atoms with Crippen LogP contribution in [0, 0.1) is 0 Å². The Morgan fingerprint density at radius 1 is 1.38 bits per heavy atom. The van der Waals surface area contributed by atoms with E-state index in [0.29, 0.717) is 36.3 Å². The van der Waals surface area contributed by atoms with E-state index >= 15 is 0 Å². The Bertz CT molecular complexity index is 755. The summed E-state index contributed by atoms with van der Waals surface area (Å²) in [5.41, 5.74) is 0.531. The number of benzene rings is 1. The minimum atomic E-state index is -0.344. The van der Waals surface area contributed by atoms with Crippen molar-refractivity contribution in [2.24, 2.45) is 0 Å². The van der Waals surface area contributed by atoms with Crippen LogP contribution in [-0.4, -0.2) is 29.2 Å². The third-order valence-electron chi connectivity index (χ3n) is 3.93. The summed E-state index contributed by atoms with van der Waals surface area (Å²) in [5.74, 6) is 0.533. The molecule has 0 aliphatic heterocycles. The minimum Gasteiger partial charge on any atom is -0.383 e. The first-order chi connectivity index (χ1) is 11.6. The number of aromatic nitrogens is 2. The lowest BCUT2D eigenvalue weighted by Gasteiger charge is -2.19. The molecule has 0 saturated carbocycles. The number of rotatable bonds is 8. The Kier molecular flexibility index (Phi) is 6.49. The van der Waals surface area contributed by atoms with Gasteiger partial charge < -0.3 is 10.1 Å². The third kappa shape index (κ3) is 4.20. The molecule has 0 aliphatic carbocycles. The van der Waals surface area contributed by atoms with E-state index in [2.05, 4.69) is 10.3 Å². The molecule has 1 aromatic heterocycles. The van der Waals surface area contributed by atoms with Crippen LogP contribution in [-0.2, 0) is 16.1 Å². The molecule has 1 amide bonds. The highest BCUT2D eigenvalue weighted by molar-refractivity contribution is 5.78. The van der Waals surface area contributed by atoms with E-state index in [1.165, 1.54) is 0 Å². The first-order valence-corrected chi connectivity index (χ1v) is 8.36. The molecule has 0 radical (unpaired) electrons. The van der Waals surface area contributed by atoms with Gasteiger partial charge in [-0.05, 0) is 25.5 Å². The number of hydrogen-bond donors (Lipinski definition) is 1. The van der Waals surface area contributed by atoms with Crippen molar-refractivity contribution >= 4 is 16.8 Å². The number of amides is 1. The van der Waals surface area contributed by atoms with Crippen LogP contribution in [0.25, 0.3) is 10.9 Å². The predicted octanol–water partition coefficient (Wildman–Crippen LogP) is 2.41. The van der Waals surface area contributed by atoms with Crippen LogP contribution >= 0.6 is 0 Å². The molecule has 1 atom stereocenters. The van der Waals surface area contributed by atoms with Crippen molar-refractivity contribution in [3.63, 3.8) is 0 Å². The maximum atomic E-state index is 12.8. The van der Waals surface area contributed by atoms with Crippen LogP contribution in [0.5, 0.6) is 0 Å². The molecule has 0 saturated heterocycles. The van der Waals surface area contributed by atoms with Crippen LogP contribution in [0.3, 0.4) is 0 Å². The van der Waals surface area contributed by atoms with E-state index in [-0.39, 0.29) is 17.5 Å². The summed E-state index contributed by atoms with van der Waals surface area (Å²) in [6.07, 6.45) is 2.30. The van der Waals surface area contributed by atoms with Gasteiger partial charge in [0.1, 0.15) is 5.82 Å². The summed E-state index contributed by atoms with van der Waals surface area (Å²) in [6.45, 7) is 4.70. The number of methoxy groups -OCH3 is 1. The second-order valence-electron chi connectivity index (χ2n) is 5.83. The highest BCUT2D eigenvalue weighted by atomic mass is 16.5. The zero-order valence-electron chi connectivity index (χ0n) is 14.5. The molecule has 6 nitrogen and oxygen atoms in total. The van der Waals surface area contributed by atoms with Gasteiger partial charge in [-0.15, -0.1) is 0 Å². The Morgan fingerprint density at radius 3 is 2.83 bits per heavy atom. The van der Waals surface area contributed by atoms with Crippen molar-refractivity contribution in [1.29, 1.82) is 0 Å². The van der Waals surface area contributed by atoms with Crippen LogP contribution in [0.4, 0.5) is 0 Å². The van der Waals surface area contributed by atoms with Crippen LogP contribution in [0.15, 0.2) is 29.1 Å². The van der Waals surface area contributed by atoms with Crippen molar-refractivity contribution in [3.8, 4) is 0 Å². The molecule has 1 heterocycles. The van der Waals surface area contributed by atoms with E-state index in [9.17, 15) is 9.59 Å². The average Bonchev–Trinajstić information content (AvgIpc) is 2.59. The lowest BCUT2D eigenvalue weighted by molar-refractivity contribution is -0.121. The molecule has 2 rings (SSSR count). The predicted molar refractivity (Wildman–Crippen MR) is 94.0 cm³/mol. The monoisotopic (exact) mass is 331 g/mol. The number of nitrogens with one attached hydrogen (secondary N) is 1. The fraction of sp³-hybridized carbons (Fsp3) is 0.500. The molecule has 130 valence electrons. The quantitative estimate of drug-likeness (QED) is 0.806. The number of hydrogen-bond acceptors (Lipinski definition) is 4. The normalized spacial score (nSPS) is 12.3. The van der Waals surface area contributed by atoms with Gasteiger partial charge in [0, 0.05) is 13.5 Å². The summed E-state index contributed by atoms with van der Waals surface area (Å²) in [4.78, 5) is 29.4. The molecular weight excluding hydrogens is 306 g/mol. The van der Waals surface area contributed by atoms with E-state index in [1.807, 2.05) is 32.0 Å². The van der Waals surface area contributed by atoms with E-state index < -0.39 is 0 Å². The second kappa shape index (κ2) is 8.59. The Balaban J connectivity index is 2.39. The minimum absolute atomic E-state index is 0.0231. The van der Waals surface area contributed by atoms with Gasteiger partial charge in [0.2, 0.25) is 5.91 Å². The first-order valence-electron chi connectivity index (χ1n) is 8.36. The van der Waals surface area contributed by atoms with Crippen molar-refractivity contribution in [1.82, 2.24) is 14.9 Å². The fourth-order valence-electron chi connectivity index (χ4n) is 2.63. The highest BCUT2D eigenvalue weighted by Gasteiger charge is 2.18. The van der Waals surface area contributed by atoms with Gasteiger partial charge >= 0.3 is 0 Å². The van der Waals surface area contributed by atoms with Crippen molar-refractivity contribution in [2.75, 3.05) is 13.7 Å². The molecule has 0 aliphatic rings. The summed E-state index contributed by atoms with van der Waals surface area (Å²) < 4.78 is 6.70. The molecule has 0 spiro atoms. The summed E-state index contributed by atoms with van der Waals surface area (Å²) >= 11 is 0. The number of para-hydroxylation sites is 1. The molecule has 0 fully saturated rings. The van der Waals surface area contributed by atoms with Gasteiger partial charge in [0.05, 0.1) is 30.1 Å². The van der Waals surface area contributed by atoms with Gasteiger partial charge in [-0.25, -0.2) is 4.98 Å². The maximum Gasteiger partial charge on any atom is 0.261 e. The molecular formula is C18H25N3O3. The lowest BCUT2D eigenvalue weighted by Crippen LogP contribution is -2.34. The summed E-state index contributed by atoms with van der Waals surface area (Å²) in [6, 6.07) is 6.91. The summed E-state index contributed by atoms with van der Waals surface area (Å²) in [5, 5.41) is 3.51. The third-order valence-corrected chi connectivity index (χ3v) is 3.93. The Morgan fingerprint density at radius 2 is 2.12 bits per heavy atom. The topological polar surface area (TPSA) is 73.2 Å². The Labute approximate surface area is 141 Å². The maximum absolute atomic E-state index is 12.8. The average molecular weight is 331 g/mol. The first kappa shape index (κ1) is 18.1. The number of carbonyl (C=O) groups is 1. The Hall–Kier alpha value is -2.21. The molecule has 1 unspecified atom stereocenters. The number of fused-ring (bicyclic) bond motifs is 1. The van der Waals surface area contributed by atoms with Gasteiger partial charge in [-0.3, -0.25) is 14.2 Å². The van der Waals surface area contributed by atoms with Crippen LogP contribution < -0.4 is 10.9 Å². The van der Waals surface area contributed by atoms with E-state index in [1.54, 1.807) is 17.7 Å². The van der Waals surface area contributed by atoms with Gasteiger partial charge in [0.25, 0.3) is 5.56 Å². The highest BCUT2D eigenvalue weighted by Crippen LogP contribution is 2.14. The standard InChI is InChI=1S/C18H25N3O3/c1-4-5-10-16(22)19-13(2)17-20-15-9-7-6-8-14(15)18(23)21(17)11-12-24-3/h6-9,13H,4-5,10-12H2,1-3H3,(H,19,22). The SMILES string of the molecule is CCCCC(=O)NC(C)c1nc2ccccc2c(=O)n1CCOC. The van der Waals surface area contributed by atoms with Gasteiger partial charge in [-0.1, -0.05) is 25.5 Å². The molecule has 24 heavy (non-hydrogen) atoms. The zero-order valence-corrected chi connectivity index (χ0v) is 14.5. The van der Waals surface area contributed by atoms with Crippen molar-refractivity contribution in [3.05, 3.63) is 40.4 Å². The number of nitrogens with zero attached hydrogens (tertiary/aromatic N) is 2. The van der Waals surface area contributed by atoms with Crippen molar-refractivity contribution in [2.45, 2.75) is 45.7 Å². The fourth-order valence-corrected chi connectivity index (χ4v) is 2.63. The van der Waals surface area contributed by atoms with Gasteiger partial charge in [0.15, 0.2) is 0 Å². The number of ether oxygens (including phenoxy) is 1. The van der Waals surface area contributed by atoms with Crippen LogP contribution in [0.2, 0.25) is 0 Å². The molecule has 2 aromatic rings. The largest absolute Gasteiger partial charge is 0.383 e. The lowest BCUT2D eigenvalue weighted by atomic mass is 10.2. The number of unbranched alkanes of at least 4 members (excludes halogenated alkanes) is 1. The smallest absolute Gasteiger partial charge is 0.261 e. The zero-order chi connectivity index (χ0) is 17.5. The second-order valence-corrected chi connectivity index (χ2v) is 5.83. The molecule has 6 heteroatoms. The number of carbonyl (C=O) groups excluding carboxylic acids is 1. The summed E-state index contributed by atoms with van der Waals surface area (Å²) in [7, 11) is 1.59.